The van der Waals surface area contributed by atoms with Gasteiger partial charge in [0.2, 0.25) is 0 Å². The van der Waals surface area contributed by atoms with Crippen LogP contribution in [-0.2, 0) is 9.47 Å². The number of fused-ring (bicyclic) bond motifs is 1. The van der Waals surface area contributed by atoms with E-state index in [2.05, 4.69) is 0 Å². The highest BCUT2D eigenvalue weighted by Crippen LogP contribution is 2.43. The molecule has 5 heteroatoms. The minimum Gasteiger partial charge on any atom is -0.347 e. The van der Waals surface area contributed by atoms with Gasteiger partial charge >= 0.3 is 0 Å². The maximum Gasteiger partial charge on any atom is 0.183 e. The average molecular weight is 347 g/mol. The summed E-state index contributed by atoms with van der Waals surface area (Å²) in [7, 11) is 0. The molecule has 1 saturated heterocycles. The summed E-state index contributed by atoms with van der Waals surface area (Å²) >= 11 is 7.60. The number of thioether (sulfide) groups is 1. The third kappa shape index (κ3) is 2.70. The fraction of sp³-hybridized carbons (Fsp3) is 0.278. The van der Waals surface area contributed by atoms with Crippen LogP contribution in [-0.4, -0.2) is 24.7 Å². The molecule has 4 rings (SSSR count). The van der Waals surface area contributed by atoms with E-state index in [4.69, 9.17) is 21.1 Å². The average Bonchev–Trinajstić information content (AvgIpc) is 2.60. The quantitative estimate of drug-likeness (QED) is 0.768. The number of rotatable bonds is 1. The summed E-state index contributed by atoms with van der Waals surface area (Å²) in [6.45, 7) is 0.751. The predicted octanol–water partition coefficient (Wildman–Crippen LogP) is 4.36. The third-order valence-corrected chi connectivity index (χ3v) is 5.90. The van der Waals surface area contributed by atoms with E-state index >= 15 is 0 Å². The lowest BCUT2D eigenvalue weighted by atomic mass is 9.82. The summed E-state index contributed by atoms with van der Waals surface area (Å²) in [4.78, 5) is 13.9. The first-order valence-electron chi connectivity index (χ1n) is 7.43. The molecule has 0 N–H and O–H groups in total. The Hall–Kier alpha value is -1.33. The van der Waals surface area contributed by atoms with Crippen molar-refractivity contribution in [3.8, 4) is 0 Å². The van der Waals surface area contributed by atoms with E-state index in [9.17, 15) is 4.79 Å². The van der Waals surface area contributed by atoms with E-state index < -0.39 is 11.7 Å². The van der Waals surface area contributed by atoms with Crippen LogP contribution in [0.4, 0.5) is 0 Å². The van der Waals surface area contributed by atoms with Crippen LogP contribution < -0.4 is 0 Å². The number of hydrogen-bond donors (Lipinski definition) is 0. The fourth-order valence-electron chi connectivity index (χ4n) is 2.93. The molecule has 23 heavy (non-hydrogen) atoms. The zero-order valence-electron chi connectivity index (χ0n) is 12.3. The topological polar surface area (TPSA) is 35.5 Å². The van der Waals surface area contributed by atoms with Crippen LogP contribution in [0.25, 0.3) is 0 Å². The third-order valence-electron chi connectivity index (χ3n) is 4.28. The first-order valence-corrected chi connectivity index (χ1v) is 8.80. The molecular weight excluding hydrogens is 332 g/mol. The summed E-state index contributed by atoms with van der Waals surface area (Å²) in [5.74, 6) is 0.817. The van der Waals surface area contributed by atoms with E-state index in [0.29, 0.717) is 24.0 Å². The molecule has 0 amide bonds. The first-order chi connectivity index (χ1) is 11.2. The molecule has 3 nitrogen and oxygen atoms in total. The Morgan fingerprint density at radius 2 is 1.74 bits per heavy atom. The molecule has 0 aliphatic carbocycles. The van der Waals surface area contributed by atoms with Gasteiger partial charge in [-0.3, -0.25) is 4.79 Å². The van der Waals surface area contributed by atoms with Crippen molar-refractivity contribution in [2.75, 3.05) is 19.0 Å². The van der Waals surface area contributed by atoms with Crippen molar-refractivity contribution >= 4 is 29.1 Å². The van der Waals surface area contributed by atoms with Crippen molar-refractivity contribution in [1.82, 2.24) is 0 Å². The summed E-state index contributed by atoms with van der Waals surface area (Å²) in [6.07, 6.45) is -0.437. The second-order valence-electron chi connectivity index (χ2n) is 5.90. The summed E-state index contributed by atoms with van der Waals surface area (Å²) in [5, 5.41) is 0.677. The van der Waals surface area contributed by atoms with Crippen LogP contribution in [0, 0.1) is 5.41 Å². The lowest BCUT2D eigenvalue weighted by molar-refractivity contribution is -0.217. The number of carbonyl (C=O) groups excluding carboxylic acids is 1. The summed E-state index contributed by atoms with van der Waals surface area (Å²) in [6, 6.07) is 15.1. The van der Waals surface area contributed by atoms with Crippen molar-refractivity contribution in [3.63, 3.8) is 0 Å². The standard InChI is InChI=1S/C18H15ClO3S/c19-13-7-5-12(6-8-13)17-21-9-18(10-22-17)11-23-15-4-2-1-3-14(15)16(18)20/h1-8,17H,9-11H2. The molecule has 1 fully saturated rings. The molecule has 2 heterocycles. The van der Waals surface area contributed by atoms with Gasteiger partial charge in [-0.15, -0.1) is 11.8 Å². The molecule has 0 radical (unpaired) electrons. The molecular formula is C18H15ClO3S. The largest absolute Gasteiger partial charge is 0.347 e. The number of carbonyl (C=O) groups is 1. The maximum absolute atomic E-state index is 12.9. The molecule has 0 bridgehead atoms. The summed E-state index contributed by atoms with van der Waals surface area (Å²) < 4.78 is 11.8. The smallest absolute Gasteiger partial charge is 0.183 e. The van der Waals surface area contributed by atoms with Crippen molar-refractivity contribution in [2.24, 2.45) is 5.41 Å². The number of hydrogen-bond acceptors (Lipinski definition) is 4. The van der Waals surface area contributed by atoms with E-state index in [0.717, 1.165) is 16.0 Å². The Balaban J connectivity index is 1.53. The Morgan fingerprint density at radius 1 is 1.04 bits per heavy atom. The lowest BCUT2D eigenvalue weighted by Crippen LogP contribution is -2.48. The van der Waals surface area contributed by atoms with E-state index in [1.807, 2.05) is 48.5 Å². The highest BCUT2D eigenvalue weighted by atomic mass is 35.5. The SMILES string of the molecule is O=C1c2ccccc2SCC12COC(c1ccc(Cl)cc1)OC2. The van der Waals surface area contributed by atoms with Gasteiger partial charge in [0.15, 0.2) is 12.1 Å². The van der Waals surface area contributed by atoms with Gasteiger partial charge in [-0.2, -0.15) is 0 Å². The zero-order valence-corrected chi connectivity index (χ0v) is 13.9. The molecule has 0 saturated carbocycles. The number of ketones is 1. The van der Waals surface area contributed by atoms with Crippen molar-refractivity contribution in [2.45, 2.75) is 11.2 Å². The minimum atomic E-state index is -0.581. The van der Waals surface area contributed by atoms with Crippen molar-refractivity contribution in [1.29, 1.82) is 0 Å². The fourth-order valence-corrected chi connectivity index (χ4v) is 4.28. The number of benzene rings is 2. The van der Waals surface area contributed by atoms with Gasteiger partial charge in [0, 0.05) is 26.8 Å². The van der Waals surface area contributed by atoms with Gasteiger partial charge in [-0.1, -0.05) is 41.9 Å². The molecule has 1 spiro atoms. The van der Waals surface area contributed by atoms with Crippen molar-refractivity contribution < 1.29 is 14.3 Å². The Morgan fingerprint density at radius 3 is 2.48 bits per heavy atom. The van der Waals surface area contributed by atoms with Crippen LogP contribution in [0.5, 0.6) is 0 Å². The van der Waals surface area contributed by atoms with Gasteiger partial charge in [0.1, 0.15) is 0 Å². The Kier molecular flexibility index (Phi) is 3.93. The molecule has 2 aliphatic rings. The first kappa shape index (κ1) is 15.2. The van der Waals surface area contributed by atoms with Crippen LogP contribution in [0.3, 0.4) is 0 Å². The molecule has 0 unspecified atom stereocenters. The Bertz CT molecular complexity index is 736. The summed E-state index contributed by atoms with van der Waals surface area (Å²) in [5.41, 5.74) is 1.11. The molecule has 2 aromatic rings. The number of ether oxygens (including phenoxy) is 2. The van der Waals surface area contributed by atoms with Gasteiger partial charge in [0.05, 0.1) is 18.6 Å². The molecule has 2 aromatic carbocycles. The van der Waals surface area contributed by atoms with Gasteiger partial charge in [0.25, 0.3) is 0 Å². The van der Waals surface area contributed by atoms with E-state index in [-0.39, 0.29) is 5.78 Å². The molecule has 0 aromatic heterocycles. The van der Waals surface area contributed by atoms with E-state index in [1.54, 1.807) is 11.8 Å². The van der Waals surface area contributed by atoms with Gasteiger partial charge in [-0.25, -0.2) is 0 Å². The van der Waals surface area contributed by atoms with Crippen LogP contribution in [0.2, 0.25) is 5.02 Å². The minimum absolute atomic E-state index is 0.126. The number of Topliss-reactive ketones (excluding diaryl/α,β-unsaturated/α-hetero) is 1. The van der Waals surface area contributed by atoms with Gasteiger partial charge in [-0.05, 0) is 18.2 Å². The monoisotopic (exact) mass is 346 g/mol. The van der Waals surface area contributed by atoms with Crippen LogP contribution >= 0.6 is 23.4 Å². The van der Waals surface area contributed by atoms with Crippen molar-refractivity contribution in [3.05, 3.63) is 64.7 Å². The normalized spacial score (nSPS) is 27.0. The predicted molar refractivity (Wildman–Crippen MR) is 90.0 cm³/mol. The molecule has 118 valence electrons. The molecule has 0 atom stereocenters. The van der Waals surface area contributed by atoms with E-state index in [1.165, 1.54) is 0 Å². The Labute approximate surface area is 143 Å². The lowest BCUT2D eigenvalue weighted by Gasteiger charge is -2.41. The maximum atomic E-state index is 12.9. The second-order valence-corrected chi connectivity index (χ2v) is 7.35. The zero-order chi connectivity index (χ0) is 15.9. The highest BCUT2D eigenvalue weighted by molar-refractivity contribution is 7.99. The highest BCUT2D eigenvalue weighted by Gasteiger charge is 2.47. The van der Waals surface area contributed by atoms with Crippen LogP contribution in [0.15, 0.2) is 53.4 Å². The molecule has 2 aliphatic heterocycles. The number of halogens is 1. The second kappa shape index (κ2) is 5.95. The van der Waals surface area contributed by atoms with Gasteiger partial charge < -0.3 is 9.47 Å². The van der Waals surface area contributed by atoms with Crippen LogP contribution in [0.1, 0.15) is 22.2 Å².